The first-order chi connectivity index (χ1) is 13.8. The molecule has 6 heteroatoms. The van der Waals surface area contributed by atoms with Crippen LogP contribution in [-0.2, 0) is 0 Å². The van der Waals surface area contributed by atoms with E-state index in [0.29, 0.717) is 17.4 Å². The second kappa shape index (κ2) is 7.84. The van der Waals surface area contributed by atoms with Gasteiger partial charge in [0.05, 0.1) is 31.5 Å². The Hall–Kier alpha value is -3.80. The van der Waals surface area contributed by atoms with Gasteiger partial charge in [0.15, 0.2) is 11.5 Å². The number of rotatable bonds is 6. The number of hydrogen-bond donors (Lipinski definition) is 1. The zero-order valence-corrected chi connectivity index (χ0v) is 15.7. The molecule has 0 atom stereocenters. The molecule has 1 aromatic heterocycles. The second-order valence-corrected chi connectivity index (χ2v) is 6.05. The zero-order chi connectivity index (χ0) is 19.3. The van der Waals surface area contributed by atoms with Crippen molar-refractivity contribution in [3.63, 3.8) is 0 Å². The number of methoxy groups -OCH3 is 2. The lowest BCUT2D eigenvalue weighted by Gasteiger charge is -2.10. The van der Waals surface area contributed by atoms with Gasteiger partial charge in [-0.05, 0) is 36.4 Å². The molecule has 28 heavy (non-hydrogen) atoms. The summed E-state index contributed by atoms with van der Waals surface area (Å²) in [5.74, 6) is 1.92. The number of ether oxygens (including phenoxy) is 2. The highest BCUT2D eigenvalue weighted by Gasteiger charge is 2.11. The van der Waals surface area contributed by atoms with Crippen LogP contribution in [0.1, 0.15) is 5.56 Å². The number of benzene rings is 3. The smallest absolute Gasteiger partial charge is 0.229 e. The highest BCUT2D eigenvalue weighted by atomic mass is 16.5. The average Bonchev–Trinajstić information content (AvgIpc) is 3.09. The fraction of sp³-hybridized carbons (Fsp3) is 0.0909. The summed E-state index contributed by atoms with van der Waals surface area (Å²) in [6.07, 6.45) is 1.74. The van der Waals surface area contributed by atoms with Gasteiger partial charge in [0, 0.05) is 11.3 Å². The predicted octanol–water partition coefficient (Wildman–Crippen LogP) is 4.68. The van der Waals surface area contributed by atoms with E-state index >= 15 is 0 Å². The molecule has 0 aliphatic carbocycles. The van der Waals surface area contributed by atoms with Gasteiger partial charge in [-0.25, -0.2) is 4.98 Å². The van der Waals surface area contributed by atoms with Gasteiger partial charge in [0.1, 0.15) is 0 Å². The number of nitrogens with one attached hydrogen (secondary N) is 1. The molecule has 0 bridgehead atoms. The molecule has 0 amide bonds. The topological polar surface area (TPSA) is 60.7 Å². The number of imidazole rings is 1. The van der Waals surface area contributed by atoms with Crippen LogP contribution < -0.4 is 14.8 Å². The van der Waals surface area contributed by atoms with E-state index in [0.717, 1.165) is 22.3 Å². The monoisotopic (exact) mass is 372 g/mol. The molecule has 0 fully saturated rings. The Morgan fingerprint density at radius 1 is 0.893 bits per heavy atom. The van der Waals surface area contributed by atoms with E-state index in [4.69, 9.17) is 9.47 Å². The number of anilines is 2. The van der Waals surface area contributed by atoms with Crippen molar-refractivity contribution in [2.45, 2.75) is 0 Å². The lowest BCUT2D eigenvalue weighted by molar-refractivity contribution is 0.354. The van der Waals surface area contributed by atoms with E-state index in [1.807, 2.05) is 72.8 Å². The third-order valence-corrected chi connectivity index (χ3v) is 4.31. The molecular formula is C22H20N4O2. The molecule has 0 spiro atoms. The van der Waals surface area contributed by atoms with Gasteiger partial charge in [0.2, 0.25) is 5.95 Å². The van der Waals surface area contributed by atoms with Gasteiger partial charge in [-0.1, -0.05) is 36.4 Å². The maximum absolute atomic E-state index is 5.49. The largest absolute Gasteiger partial charge is 0.493 e. The van der Waals surface area contributed by atoms with Crippen LogP contribution >= 0.6 is 0 Å². The summed E-state index contributed by atoms with van der Waals surface area (Å²) >= 11 is 0. The van der Waals surface area contributed by atoms with Crippen molar-refractivity contribution in [1.29, 1.82) is 0 Å². The number of fused-ring (bicyclic) bond motifs is 1. The first kappa shape index (κ1) is 17.6. The minimum Gasteiger partial charge on any atom is -0.493 e. The average molecular weight is 372 g/mol. The number of para-hydroxylation sites is 4. The molecule has 4 rings (SSSR count). The van der Waals surface area contributed by atoms with E-state index in [2.05, 4.69) is 15.4 Å². The molecule has 0 saturated heterocycles. The maximum atomic E-state index is 5.49. The van der Waals surface area contributed by atoms with Gasteiger partial charge >= 0.3 is 0 Å². The lowest BCUT2D eigenvalue weighted by atomic mass is 10.2. The normalized spacial score (nSPS) is 11.1. The maximum Gasteiger partial charge on any atom is 0.229 e. The van der Waals surface area contributed by atoms with Crippen molar-refractivity contribution in [2.75, 3.05) is 19.5 Å². The van der Waals surface area contributed by atoms with Gasteiger partial charge < -0.3 is 14.8 Å². The molecule has 0 radical (unpaired) electrons. The predicted molar refractivity (Wildman–Crippen MR) is 112 cm³/mol. The van der Waals surface area contributed by atoms with E-state index in [1.165, 1.54) is 0 Å². The number of hydrogen-bond acceptors (Lipinski definition) is 5. The quantitative estimate of drug-likeness (QED) is 0.499. The van der Waals surface area contributed by atoms with Crippen LogP contribution in [0, 0.1) is 0 Å². The fourth-order valence-electron chi connectivity index (χ4n) is 3.00. The van der Waals surface area contributed by atoms with Gasteiger partial charge in [-0.3, -0.25) is 0 Å². The Morgan fingerprint density at radius 3 is 2.46 bits per heavy atom. The molecule has 3 aromatic carbocycles. The van der Waals surface area contributed by atoms with Crippen molar-refractivity contribution in [3.05, 3.63) is 78.4 Å². The van der Waals surface area contributed by atoms with Crippen molar-refractivity contribution in [1.82, 2.24) is 9.66 Å². The Bertz CT molecular complexity index is 1120. The van der Waals surface area contributed by atoms with Crippen molar-refractivity contribution < 1.29 is 9.47 Å². The Balaban J connectivity index is 1.78. The highest BCUT2D eigenvalue weighted by molar-refractivity contribution is 5.86. The third-order valence-electron chi connectivity index (χ3n) is 4.31. The molecule has 0 unspecified atom stereocenters. The summed E-state index contributed by atoms with van der Waals surface area (Å²) in [6, 6.07) is 23.4. The van der Waals surface area contributed by atoms with Crippen LogP contribution in [0.2, 0.25) is 0 Å². The second-order valence-electron chi connectivity index (χ2n) is 6.05. The first-order valence-corrected chi connectivity index (χ1v) is 8.85. The van der Waals surface area contributed by atoms with Crippen LogP contribution in [0.25, 0.3) is 11.0 Å². The molecular weight excluding hydrogens is 352 g/mol. The lowest BCUT2D eigenvalue weighted by Crippen LogP contribution is -2.01. The van der Waals surface area contributed by atoms with E-state index in [1.54, 1.807) is 25.1 Å². The summed E-state index contributed by atoms with van der Waals surface area (Å²) in [5.41, 5.74) is 3.51. The molecule has 0 aliphatic rings. The van der Waals surface area contributed by atoms with E-state index in [9.17, 15) is 0 Å². The summed E-state index contributed by atoms with van der Waals surface area (Å²) in [6.45, 7) is 0. The minimum atomic E-state index is 0.630. The van der Waals surface area contributed by atoms with Gasteiger partial charge in [0.25, 0.3) is 0 Å². The molecule has 6 nitrogen and oxygen atoms in total. The van der Waals surface area contributed by atoms with Crippen LogP contribution in [-0.4, -0.2) is 30.1 Å². The zero-order valence-electron chi connectivity index (χ0n) is 15.7. The van der Waals surface area contributed by atoms with Crippen molar-refractivity contribution in [2.24, 2.45) is 5.10 Å². The Labute approximate surface area is 163 Å². The number of nitrogens with zero attached hydrogens (tertiary/aromatic N) is 3. The summed E-state index contributed by atoms with van der Waals surface area (Å²) in [7, 11) is 3.23. The molecule has 1 heterocycles. The van der Waals surface area contributed by atoms with Crippen LogP contribution in [0.5, 0.6) is 11.5 Å². The highest BCUT2D eigenvalue weighted by Crippen LogP contribution is 2.30. The molecule has 0 saturated carbocycles. The Kier molecular flexibility index (Phi) is 4.93. The molecule has 0 aliphatic heterocycles. The van der Waals surface area contributed by atoms with Gasteiger partial charge in [-0.15, -0.1) is 0 Å². The standard InChI is InChI=1S/C22H20N4O2/c1-27-20-14-8-9-16(21(20)28-2)15-23-26-19-13-7-6-12-18(19)25-22(26)24-17-10-4-3-5-11-17/h3-15H,1-2H3,(H,24,25)/b23-15+. The van der Waals surface area contributed by atoms with Crippen LogP contribution in [0.4, 0.5) is 11.6 Å². The van der Waals surface area contributed by atoms with Crippen LogP contribution in [0.3, 0.4) is 0 Å². The SMILES string of the molecule is COc1cccc(/C=N/n2c(Nc3ccccc3)nc3ccccc32)c1OC. The Morgan fingerprint density at radius 2 is 1.68 bits per heavy atom. The van der Waals surface area contributed by atoms with E-state index in [-0.39, 0.29) is 0 Å². The third kappa shape index (κ3) is 3.40. The molecule has 4 aromatic rings. The van der Waals surface area contributed by atoms with Crippen LogP contribution in [0.15, 0.2) is 77.9 Å². The first-order valence-electron chi connectivity index (χ1n) is 8.85. The summed E-state index contributed by atoms with van der Waals surface area (Å²) < 4.78 is 12.6. The minimum absolute atomic E-state index is 0.630. The fourth-order valence-corrected chi connectivity index (χ4v) is 3.00. The molecule has 140 valence electrons. The van der Waals surface area contributed by atoms with Crippen molar-refractivity contribution in [3.8, 4) is 11.5 Å². The summed E-state index contributed by atoms with van der Waals surface area (Å²) in [4.78, 5) is 4.68. The van der Waals surface area contributed by atoms with Gasteiger partial charge in [-0.2, -0.15) is 9.78 Å². The molecule has 1 N–H and O–H groups in total. The van der Waals surface area contributed by atoms with Crippen molar-refractivity contribution >= 4 is 28.9 Å². The summed E-state index contributed by atoms with van der Waals surface area (Å²) in [5, 5.41) is 8.01. The number of aromatic nitrogens is 2. The van der Waals surface area contributed by atoms with E-state index < -0.39 is 0 Å².